The van der Waals surface area contributed by atoms with Crippen molar-refractivity contribution in [2.45, 2.75) is 18.3 Å². The maximum atomic E-state index is 13.3. The molecular formula is C17H15FN4O3S. The fourth-order valence-corrected chi connectivity index (χ4v) is 3.43. The SMILES string of the molecule is CS(=O)(=O)c1nccc(-c2c(-c3ccc(F)cc3)nn3c2CCOC3)n1. The number of benzene rings is 1. The topological polar surface area (TPSA) is 87.0 Å². The predicted molar refractivity (Wildman–Crippen MR) is 91.4 cm³/mol. The summed E-state index contributed by atoms with van der Waals surface area (Å²) >= 11 is 0. The average molecular weight is 374 g/mol. The lowest BCUT2D eigenvalue weighted by Crippen LogP contribution is -2.17. The second kappa shape index (κ2) is 6.26. The number of halogens is 1. The standard InChI is InChI=1S/C17H15FN4O3S/c1-26(23,24)17-19-8-6-13(20-17)15-14-7-9-25-10-22(14)21-16(15)11-2-4-12(18)5-3-11/h2-6,8H,7,9-10H2,1H3. The van der Waals surface area contributed by atoms with Gasteiger partial charge >= 0.3 is 0 Å². The van der Waals surface area contributed by atoms with E-state index in [1.807, 2.05) is 0 Å². The van der Waals surface area contributed by atoms with Crippen LogP contribution in [0.2, 0.25) is 0 Å². The van der Waals surface area contributed by atoms with Crippen molar-refractivity contribution in [3.05, 3.63) is 48.0 Å². The molecule has 0 saturated heterocycles. The molecule has 26 heavy (non-hydrogen) atoms. The van der Waals surface area contributed by atoms with Crippen LogP contribution in [0, 0.1) is 5.82 Å². The van der Waals surface area contributed by atoms with E-state index in [0.29, 0.717) is 42.3 Å². The monoisotopic (exact) mass is 374 g/mol. The van der Waals surface area contributed by atoms with E-state index in [0.717, 1.165) is 11.9 Å². The number of nitrogens with zero attached hydrogens (tertiary/aromatic N) is 4. The summed E-state index contributed by atoms with van der Waals surface area (Å²) in [5, 5.41) is 4.33. The molecule has 1 aromatic carbocycles. The number of rotatable bonds is 3. The molecule has 0 spiro atoms. The van der Waals surface area contributed by atoms with E-state index in [1.165, 1.54) is 18.3 Å². The number of sulfone groups is 1. The van der Waals surface area contributed by atoms with Crippen molar-refractivity contribution >= 4 is 9.84 Å². The third-order valence-electron chi connectivity index (χ3n) is 4.09. The molecule has 0 amide bonds. The molecule has 1 aliphatic heterocycles. The van der Waals surface area contributed by atoms with E-state index in [4.69, 9.17) is 4.74 Å². The molecule has 7 nitrogen and oxygen atoms in total. The lowest BCUT2D eigenvalue weighted by Gasteiger charge is -2.15. The van der Waals surface area contributed by atoms with E-state index in [1.54, 1.807) is 22.9 Å². The predicted octanol–water partition coefficient (Wildman–Crippen LogP) is 2.08. The number of aromatic nitrogens is 4. The first-order valence-corrected chi connectivity index (χ1v) is 9.79. The van der Waals surface area contributed by atoms with Crippen molar-refractivity contribution in [3.8, 4) is 22.5 Å². The average Bonchev–Trinajstić information content (AvgIpc) is 3.01. The van der Waals surface area contributed by atoms with Gasteiger partial charge in [-0.2, -0.15) is 5.10 Å². The zero-order chi connectivity index (χ0) is 18.3. The summed E-state index contributed by atoms with van der Waals surface area (Å²) in [5.74, 6) is -0.344. The minimum Gasteiger partial charge on any atom is -0.359 e. The summed E-state index contributed by atoms with van der Waals surface area (Å²) < 4.78 is 44.1. The maximum Gasteiger partial charge on any atom is 0.247 e. The second-order valence-corrected chi connectivity index (χ2v) is 7.87. The van der Waals surface area contributed by atoms with Gasteiger partial charge in [0, 0.05) is 30.0 Å². The zero-order valence-electron chi connectivity index (χ0n) is 13.9. The summed E-state index contributed by atoms with van der Waals surface area (Å²) in [5.41, 5.74) is 3.38. The molecule has 0 aliphatic carbocycles. The Hall–Kier alpha value is -2.65. The van der Waals surface area contributed by atoms with Crippen LogP contribution in [0.3, 0.4) is 0 Å². The van der Waals surface area contributed by atoms with Crippen molar-refractivity contribution in [1.29, 1.82) is 0 Å². The molecule has 0 radical (unpaired) electrons. The molecule has 0 fully saturated rings. The first-order valence-electron chi connectivity index (χ1n) is 7.90. The van der Waals surface area contributed by atoms with Gasteiger partial charge in [-0.15, -0.1) is 0 Å². The molecule has 0 atom stereocenters. The quantitative estimate of drug-likeness (QED) is 0.653. The van der Waals surface area contributed by atoms with Gasteiger partial charge < -0.3 is 4.74 Å². The zero-order valence-corrected chi connectivity index (χ0v) is 14.7. The third kappa shape index (κ3) is 2.99. The van der Waals surface area contributed by atoms with Crippen molar-refractivity contribution in [3.63, 3.8) is 0 Å². The summed E-state index contributed by atoms with van der Waals surface area (Å²) in [7, 11) is -3.54. The molecule has 3 heterocycles. The van der Waals surface area contributed by atoms with Crippen LogP contribution in [0.25, 0.3) is 22.5 Å². The Labute approximate surface area is 149 Å². The minimum absolute atomic E-state index is 0.243. The van der Waals surface area contributed by atoms with Crippen LogP contribution in [0.1, 0.15) is 5.69 Å². The van der Waals surface area contributed by atoms with Gasteiger partial charge in [0.25, 0.3) is 0 Å². The van der Waals surface area contributed by atoms with Crippen LogP contribution >= 0.6 is 0 Å². The van der Waals surface area contributed by atoms with Gasteiger partial charge in [0.05, 0.1) is 18.0 Å². The number of hydrogen-bond donors (Lipinski definition) is 0. The van der Waals surface area contributed by atoms with E-state index >= 15 is 0 Å². The Morgan fingerprint density at radius 2 is 1.96 bits per heavy atom. The van der Waals surface area contributed by atoms with Gasteiger partial charge in [-0.3, -0.25) is 0 Å². The molecule has 2 aromatic heterocycles. The molecule has 134 valence electrons. The highest BCUT2D eigenvalue weighted by Gasteiger charge is 2.25. The Balaban J connectivity index is 1.95. The molecule has 4 rings (SSSR count). The normalized spacial score (nSPS) is 14.2. The van der Waals surface area contributed by atoms with Gasteiger partial charge in [0.15, 0.2) is 0 Å². The van der Waals surface area contributed by atoms with Gasteiger partial charge in [0.1, 0.15) is 18.2 Å². The third-order valence-corrected chi connectivity index (χ3v) is 4.95. The van der Waals surface area contributed by atoms with Crippen molar-refractivity contribution < 1.29 is 17.5 Å². The van der Waals surface area contributed by atoms with Gasteiger partial charge in [-0.1, -0.05) is 0 Å². The lowest BCUT2D eigenvalue weighted by molar-refractivity contribution is 0.0482. The van der Waals surface area contributed by atoms with Crippen LogP contribution in [0.4, 0.5) is 4.39 Å². The number of hydrogen-bond acceptors (Lipinski definition) is 6. The van der Waals surface area contributed by atoms with E-state index in [2.05, 4.69) is 15.1 Å². The highest BCUT2D eigenvalue weighted by Crippen LogP contribution is 2.35. The van der Waals surface area contributed by atoms with E-state index in [9.17, 15) is 12.8 Å². The van der Waals surface area contributed by atoms with Crippen LogP contribution in [0.5, 0.6) is 0 Å². The summed E-state index contributed by atoms with van der Waals surface area (Å²) in [6.45, 7) is 0.832. The maximum absolute atomic E-state index is 13.3. The minimum atomic E-state index is -3.54. The summed E-state index contributed by atoms with van der Waals surface area (Å²) in [4.78, 5) is 8.08. The van der Waals surface area contributed by atoms with E-state index in [-0.39, 0.29) is 11.0 Å². The first-order chi connectivity index (χ1) is 12.4. The van der Waals surface area contributed by atoms with Crippen LogP contribution in [0.15, 0.2) is 41.7 Å². The van der Waals surface area contributed by atoms with Crippen molar-refractivity contribution in [2.24, 2.45) is 0 Å². The second-order valence-electron chi connectivity index (χ2n) is 5.96. The Bertz CT molecular complexity index is 1080. The number of fused-ring (bicyclic) bond motifs is 1. The lowest BCUT2D eigenvalue weighted by atomic mass is 10.0. The molecule has 3 aromatic rings. The van der Waals surface area contributed by atoms with Crippen molar-refractivity contribution in [1.82, 2.24) is 19.7 Å². The van der Waals surface area contributed by atoms with Crippen LogP contribution < -0.4 is 0 Å². The summed E-state index contributed by atoms with van der Waals surface area (Å²) in [6, 6.07) is 7.63. The van der Waals surface area contributed by atoms with Gasteiger partial charge in [-0.05, 0) is 30.3 Å². The van der Waals surface area contributed by atoms with Crippen LogP contribution in [-0.4, -0.2) is 41.0 Å². The largest absolute Gasteiger partial charge is 0.359 e. The molecule has 0 bridgehead atoms. The molecule has 0 unspecified atom stereocenters. The Morgan fingerprint density at radius 3 is 2.69 bits per heavy atom. The number of ether oxygens (including phenoxy) is 1. The first kappa shape index (κ1) is 16.8. The fraction of sp³-hybridized carbons (Fsp3) is 0.235. The van der Waals surface area contributed by atoms with Crippen molar-refractivity contribution in [2.75, 3.05) is 12.9 Å². The summed E-state index contributed by atoms with van der Waals surface area (Å²) in [6.07, 6.45) is 3.09. The fourth-order valence-electron chi connectivity index (χ4n) is 2.92. The molecule has 0 N–H and O–H groups in total. The molecule has 0 saturated carbocycles. The molecular weight excluding hydrogens is 359 g/mol. The highest BCUT2D eigenvalue weighted by molar-refractivity contribution is 7.90. The molecule has 9 heteroatoms. The highest BCUT2D eigenvalue weighted by atomic mass is 32.2. The smallest absolute Gasteiger partial charge is 0.247 e. The van der Waals surface area contributed by atoms with Gasteiger partial charge in [-0.25, -0.2) is 27.5 Å². The van der Waals surface area contributed by atoms with E-state index < -0.39 is 9.84 Å². The Morgan fingerprint density at radius 1 is 1.19 bits per heavy atom. The molecule has 1 aliphatic rings. The Kier molecular flexibility index (Phi) is 4.04. The van der Waals surface area contributed by atoms with Crippen LogP contribution in [-0.2, 0) is 27.7 Å². The van der Waals surface area contributed by atoms with Gasteiger partial charge in [0.2, 0.25) is 15.0 Å².